The van der Waals surface area contributed by atoms with Gasteiger partial charge in [0, 0.05) is 41.1 Å². The summed E-state index contributed by atoms with van der Waals surface area (Å²) in [6.45, 7) is 5.70. The summed E-state index contributed by atoms with van der Waals surface area (Å²) in [6.07, 6.45) is 22.3. The van der Waals surface area contributed by atoms with E-state index >= 15 is 0 Å². The van der Waals surface area contributed by atoms with Crippen LogP contribution in [-0.2, 0) is 11.3 Å². The smallest absolute Gasteiger partial charge is 0.149 e. The number of aromatic nitrogens is 1. The van der Waals surface area contributed by atoms with Gasteiger partial charge in [-0.2, -0.15) is 0 Å². The molecule has 0 unspecified atom stereocenters. The van der Waals surface area contributed by atoms with Gasteiger partial charge in [-0.05, 0) is 82.3 Å². The maximum absolute atomic E-state index is 7.46. The number of piperidine rings is 3. The first kappa shape index (κ1) is 42.0. The van der Waals surface area contributed by atoms with Crippen molar-refractivity contribution in [3.63, 3.8) is 0 Å². The second kappa shape index (κ2) is 20.3. The highest BCUT2D eigenvalue weighted by Crippen LogP contribution is 2.54. The number of quaternary nitrogens is 1. The Bertz CT molecular complexity index is 2490. The SMILES string of the molecule is CCCCCCCCCCCCOc1ccc(CO[C@H](c2ccnc3ccccc23)[C@H]2C[C@@H]3CC[N@@+]2(c2c4ccccc4cc4ccccc24)C[C@@H]3/C=C/c2ccccc2)cc1. The van der Waals surface area contributed by atoms with Crippen LogP contribution in [0.5, 0.6) is 5.75 Å². The van der Waals surface area contributed by atoms with Crippen LogP contribution >= 0.6 is 0 Å². The number of benzene rings is 6. The minimum Gasteiger partial charge on any atom is -0.494 e. The highest BCUT2D eigenvalue weighted by molar-refractivity contribution is 6.10. The lowest BCUT2D eigenvalue weighted by molar-refractivity contribution is -0.0751. The van der Waals surface area contributed by atoms with Crippen LogP contribution in [0.25, 0.3) is 38.5 Å². The van der Waals surface area contributed by atoms with Crippen molar-refractivity contribution in [2.45, 2.75) is 103 Å². The Balaban J connectivity index is 1.01. The van der Waals surface area contributed by atoms with Gasteiger partial charge in [-0.15, -0.1) is 0 Å². The molecule has 62 heavy (non-hydrogen) atoms. The number of fused-ring (bicyclic) bond motifs is 6. The van der Waals surface area contributed by atoms with E-state index in [0.29, 0.717) is 18.4 Å². The standard InChI is InChI=1S/C58H65N2O2/c1-2-3-4-5-6-7-8-9-10-20-39-61-50-33-30-45(31-34-50)43-62-58(54-35-37-59-55-28-19-18-27-53(54)55)56-41-46-36-38-60(56,42-49(46)32-29-44-21-12-11-13-22-44)57-51-25-16-14-23-47(51)40-48-24-15-17-26-52(48)57/h11-19,21-35,37,40,46,49,56,58H,2-10,20,36,38-39,41-43H2,1H3/q+1/b32-29+/t46-,49-,56+,58+,60+/m0/s1. The largest absolute Gasteiger partial charge is 0.494 e. The number of hydrogen-bond acceptors (Lipinski definition) is 3. The summed E-state index contributed by atoms with van der Waals surface area (Å²) in [5.74, 6) is 1.95. The van der Waals surface area contributed by atoms with Crippen molar-refractivity contribution in [2.75, 3.05) is 19.7 Å². The van der Waals surface area contributed by atoms with Crippen molar-refractivity contribution in [2.24, 2.45) is 11.8 Å². The molecule has 3 saturated heterocycles. The van der Waals surface area contributed by atoms with Gasteiger partial charge in [-0.1, -0.05) is 174 Å². The number of unbranched alkanes of at least 4 members (excludes halogenated alkanes) is 9. The van der Waals surface area contributed by atoms with E-state index in [4.69, 9.17) is 14.5 Å². The number of ether oxygens (including phenoxy) is 2. The lowest BCUT2D eigenvalue weighted by Crippen LogP contribution is -2.69. The minimum absolute atomic E-state index is 0.158. The molecule has 4 nitrogen and oxygen atoms in total. The first-order chi connectivity index (χ1) is 30.7. The first-order valence-corrected chi connectivity index (χ1v) is 23.9. The molecule has 0 radical (unpaired) electrons. The van der Waals surface area contributed by atoms with Crippen molar-refractivity contribution in [1.82, 2.24) is 9.47 Å². The van der Waals surface area contributed by atoms with E-state index in [-0.39, 0.29) is 12.1 Å². The van der Waals surface area contributed by atoms with Gasteiger partial charge in [0.15, 0.2) is 0 Å². The summed E-state index contributed by atoms with van der Waals surface area (Å²) >= 11 is 0. The Morgan fingerprint density at radius 1 is 0.677 bits per heavy atom. The first-order valence-electron chi connectivity index (χ1n) is 23.9. The third kappa shape index (κ3) is 9.38. The van der Waals surface area contributed by atoms with E-state index in [1.54, 1.807) is 0 Å². The molecule has 4 heteroatoms. The van der Waals surface area contributed by atoms with Crippen LogP contribution in [-0.4, -0.2) is 30.7 Å². The van der Waals surface area contributed by atoms with Gasteiger partial charge in [0.2, 0.25) is 0 Å². The highest BCUT2D eigenvalue weighted by atomic mass is 16.5. The molecule has 0 spiro atoms. The van der Waals surface area contributed by atoms with E-state index in [2.05, 4.69) is 159 Å². The number of pyridine rings is 1. The van der Waals surface area contributed by atoms with Crippen LogP contribution in [0.1, 0.15) is 107 Å². The fourth-order valence-electron chi connectivity index (χ4n) is 11.0. The Kier molecular flexibility index (Phi) is 13.7. The van der Waals surface area contributed by atoms with Crippen LogP contribution in [0.15, 0.2) is 152 Å². The predicted octanol–water partition coefficient (Wildman–Crippen LogP) is 15.2. The molecule has 3 aliphatic heterocycles. The van der Waals surface area contributed by atoms with Gasteiger partial charge in [0.1, 0.15) is 23.6 Å². The van der Waals surface area contributed by atoms with Crippen molar-refractivity contribution in [3.8, 4) is 5.75 Å². The van der Waals surface area contributed by atoms with Crippen molar-refractivity contribution < 1.29 is 9.47 Å². The van der Waals surface area contributed by atoms with E-state index in [1.807, 2.05) is 6.20 Å². The summed E-state index contributed by atoms with van der Waals surface area (Å²) in [4.78, 5) is 4.85. The van der Waals surface area contributed by atoms with Gasteiger partial charge in [0.25, 0.3) is 0 Å². The normalized spacial score (nSPS) is 20.4. The van der Waals surface area contributed by atoms with Crippen molar-refractivity contribution in [1.29, 1.82) is 0 Å². The molecule has 0 saturated carbocycles. The molecule has 6 aromatic carbocycles. The van der Waals surface area contributed by atoms with E-state index in [0.717, 1.165) is 48.3 Å². The Morgan fingerprint density at radius 3 is 2.05 bits per heavy atom. The summed E-state index contributed by atoms with van der Waals surface area (Å²) < 4.78 is 14.6. The number of para-hydroxylation sites is 1. The predicted molar refractivity (Wildman–Crippen MR) is 262 cm³/mol. The maximum atomic E-state index is 7.46. The lowest BCUT2D eigenvalue weighted by Gasteiger charge is -2.58. The number of nitrogens with zero attached hydrogens (tertiary/aromatic N) is 2. The van der Waals surface area contributed by atoms with Crippen LogP contribution in [0.4, 0.5) is 5.69 Å². The third-order valence-corrected chi connectivity index (χ3v) is 14.2. The molecule has 1 aromatic heterocycles. The zero-order valence-electron chi connectivity index (χ0n) is 36.8. The monoisotopic (exact) mass is 822 g/mol. The molecule has 0 N–H and O–H groups in total. The molecular formula is C58H65N2O2+. The molecule has 4 heterocycles. The molecule has 7 aromatic rings. The Labute approximate surface area is 370 Å². The van der Waals surface area contributed by atoms with Crippen LogP contribution < -0.4 is 9.22 Å². The number of hydrogen-bond donors (Lipinski definition) is 0. The molecule has 10 rings (SSSR count). The van der Waals surface area contributed by atoms with E-state index in [9.17, 15) is 0 Å². The fourth-order valence-corrected chi connectivity index (χ4v) is 11.0. The minimum atomic E-state index is -0.158. The molecule has 3 aliphatic rings. The average Bonchev–Trinajstić information content (AvgIpc) is 3.33. The molecule has 0 amide bonds. The van der Waals surface area contributed by atoms with Crippen LogP contribution in [0.3, 0.4) is 0 Å². The lowest BCUT2D eigenvalue weighted by atomic mass is 9.70. The molecule has 5 atom stereocenters. The van der Waals surface area contributed by atoms with Crippen LogP contribution in [0, 0.1) is 11.8 Å². The summed E-state index contributed by atoms with van der Waals surface area (Å²) in [5, 5.41) is 6.50. The third-order valence-electron chi connectivity index (χ3n) is 14.2. The topological polar surface area (TPSA) is 31.4 Å². The van der Waals surface area contributed by atoms with Gasteiger partial charge in [-0.3, -0.25) is 9.47 Å². The summed E-state index contributed by atoms with van der Waals surface area (Å²) in [5.41, 5.74) is 6.15. The van der Waals surface area contributed by atoms with Crippen molar-refractivity contribution in [3.05, 3.63) is 168 Å². The summed E-state index contributed by atoms with van der Waals surface area (Å²) in [7, 11) is 0. The van der Waals surface area contributed by atoms with Crippen molar-refractivity contribution >= 4 is 44.2 Å². The zero-order chi connectivity index (χ0) is 42.0. The maximum Gasteiger partial charge on any atom is 0.149 e. The molecule has 3 fully saturated rings. The second-order valence-electron chi connectivity index (χ2n) is 18.2. The highest BCUT2D eigenvalue weighted by Gasteiger charge is 2.57. The molecule has 0 aliphatic carbocycles. The fraction of sp³-hybridized carbons (Fsp3) is 0.362. The second-order valence-corrected chi connectivity index (χ2v) is 18.2. The van der Waals surface area contributed by atoms with E-state index < -0.39 is 0 Å². The summed E-state index contributed by atoms with van der Waals surface area (Å²) in [6, 6.07) is 51.2. The molecule has 318 valence electrons. The van der Waals surface area contributed by atoms with Gasteiger partial charge < -0.3 is 9.47 Å². The van der Waals surface area contributed by atoms with Crippen LogP contribution in [0.2, 0.25) is 0 Å². The van der Waals surface area contributed by atoms with Gasteiger partial charge in [0.05, 0.1) is 31.8 Å². The quantitative estimate of drug-likeness (QED) is 0.0436. The molecule has 2 bridgehead atoms. The Hall–Kier alpha value is -5.29. The van der Waals surface area contributed by atoms with Gasteiger partial charge in [-0.25, -0.2) is 0 Å². The Morgan fingerprint density at radius 2 is 1.32 bits per heavy atom. The zero-order valence-corrected chi connectivity index (χ0v) is 36.8. The molecular weight excluding hydrogens is 757 g/mol. The average molecular weight is 822 g/mol. The van der Waals surface area contributed by atoms with E-state index in [1.165, 1.54) is 114 Å². The van der Waals surface area contributed by atoms with Gasteiger partial charge >= 0.3 is 0 Å². The number of rotatable bonds is 20.